The average molecular weight is 232 g/mol. The molecule has 1 aliphatic heterocycles. The maximum absolute atomic E-state index is 11.4. The first-order valence-corrected chi connectivity index (χ1v) is 6.29. The number of nitrogens with zero attached hydrogens (tertiary/aromatic N) is 1. The van der Waals surface area contributed by atoms with Crippen LogP contribution in [0.2, 0.25) is 0 Å². The van der Waals surface area contributed by atoms with E-state index in [1.54, 1.807) is 6.92 Å². The van der Waals surface area contributed by atoms with Gasteiger partial charge < -0.3 is 10.2 Å². The van der Waals surface area contributed by atoms with Crippen LogP contribution in [0.25, 0.3) is 0 Å². The van der Waals surface area contributed by atoms with E-state index in [4.69, 9.17) is 0 Å². The second-order valence-electron chi connectivity index (χ2n) is 4.55. The molecule has 1 saturated heterocycles. The van der Waals surface area contributed by atoms with Crippen molar-refractivity contribution in [2.75, 3.05) is 24.5 Å². The molecule has 1 aromatic rings. The van der Waals surface area contributed by atoms with Gasteiger partial charge in [0.25, 0.3) is 0 Å². The summed E-state index contributed by atoms with van der Waals surface area (Å²) in [5.41, 5.74) is 2.64. The van der Waals surface area contributed by atoms with Crippen molar-refractivity contribution < 1.29 is 4.79 Å². The molecule has 0 aliphatic carbocycles. The third-order valence-electron chi connectivity index (χ3n) is 3.38. The third-order valence-corrected chi connectivity index (χ3v) is 3.38. The van der Waals surface area contributed by atoms with E-state index in [1.807, 2.05) is 0 Å². The summed E-state index contributed by atoms with van der Waals surface area (Å²) in [6, 6.07) is 8.45. The number of hydrogen-bond acceptors (Lipinski definition) is 3. The topological polar surface area (TPSA) is 32.3 Å². The third kappa shape index (κ3) is 2.67. The summed E-state index contributed by atoms with van der Waals surface area (Å²) in [4.78, 5) is 13.8. The number of benzene rings is 1. The molecule has 1 unspecified atom stereocenters. The summed E-state index contributed by atoms with van der Waals surface area (Å²) >= 11 is 0. The highest BCUT2D eigenvalue weighted by molar-refractivity contribution is 5.82. The quantitative estimate of drug-likeness (QED) is 0.859. The molecule has 1 aliphatic rings. The van der Waals surface area contributed by atoms with Crippen LogP contribution in [0.1, 0.15) is 19.4 Å². The molecule has 0 bridgehead atoms. The van der Waals surface area contributed by atoms with Crippen molar-refractivity contribution in [2.45, 2.75) is 26.3 Å². The second kappa shape index (κ2) is 5.32. The Morgan fingerprint density at radius 2 is 2.24 bits per heavy atom. The van der Waals surface area contributed by atoms with E-state index >= 15 is 0 Å². The van der Waals surface area contributed by atoms with Gasteiger partial charge in [-0.15, -0.1) is 0 Å². The fourth-order valence-corrected chi connectivity index (χ4v) is 2.36. The summed E-state index contributed by atoms with van der Waals surface area (Å²) in [5, 5.41) is 3.26. The van der Waals surface area contributed by atoms with E-state index in [-0.39, 0.29) is 11.8 Å². The van der Waals surface area contributed by atoms with Crippen LogP contribution >= 0.6 is 0 Å². The number of hydrogen-bond donors (Lipinski definition) is 1. The second-order valence-corrected chi connectivity index (χ2v) is 4.55. The standard InChI is InChI=1S/C14H20N2O/c1-3-12-6-4-5-7-14(12)16-9-8-15-13(10-16)11(2)17/h4-7,13,15H,3,8-10H2,1-2H3. The number of aryl methyl sites for hydroxylation is 1. The van der Waals surface area contributed by atoms with Gasteiger partial charge in [0.1, 0.15) is 5.78 Å². The van der Waals surface area contributed by atoms with Crippen molar-refractivity contribution in [2.24, 2.45) is 0 Å². The maximum atomic E-state index is 11.4. The highest BCUT2D eigenvalue weighted by Crippen LogP contribution is 2.22. The van der Waals surface area contributed by atoms with Crippen molar-refractivity contribution in [3.8, 4) is 0 Å². The zero-order valence-electron chi connectivity index (χ0n) is 10.6. The summed E-state index contributed by atoms with van der Waals surface area (Å²) in [5.74, 6) is 0.226. The predicted molar refractivity (Wildman–Crippen MR) is 70.5 cm³/mol. The largest absolute Gasteiger partial charge is 0.368 e. The molecule has 1 fully saturated rings. The van der Waals surface area contributed by atoms with Crippen molar-refractivity contribution in [1.82, 2.24) is 5.32 Å². The SMILES string of the molecule is CCc1ccccc1N1CCNC(C(C)=O)C1. The zero-order chi connectivity index (χ0) is 12.3. The van der Waals surface area contributed by atoms with Gasteiger partial charge in [-0.2, -0.15) is 0 Å². The lowest BCUT2D eigenvalue weighted by atomic mass is 10.1. The fourth-order valence-electron chi connectivity index (χ4n) is 2.36. The predicted octanol–water partition coefficient (Wildman–Crippen LogP) is 1.62. The molecule has 2 rings (SSSR count). The van der Waals surface area contributed by atoms with Gasteiger partial charge >= 0.3 is 0 Å². The molecular weight excluding hydrogens is 212 g/mol. The molecule has 3 heteroatoms. The van der Waals surface area contributed by atoms with E-state index in [2.05, 4.69) is 41.4 Å². The Labute approximate surface area is 103 Å². The Morgan fingerprint density at radius 1 is 1.47 bits per heavy atom. The molecule has 1 aromatic carbocycles. The first-order valence-electron chi connectivity index (χ1n) is 6.29. The molecule has 92 valence electrons. The van der Waals surface area contributed by atoms with Crippen molar-refractivity contribution in [3.63, 3.8) is 0 Å². The molecule has 1 heterocycles. The van der Waals surface area contributed by atoms with Crippen LogP contribution in [0.15, 0.2) is 24.3 Å². The fraction of sp³-hybridized carbons (Fsp3) is 0.500. The highest BCUT2D eigenvalue weighted by atomic mass is 16.1. The Morgan fingerprint density at radius 3 is 2.94 bits per heavy atom. The van der Waals surface area contributed by atoms with Gasteiger partial charge in [-0.25, -0.2) is 0 Å². The Kier molecular flexibility index (Phi) is 3.79. The molecule has 0 aromatic heterocycles. The molecule has 0 radical (unpaired) electrons. The number of carbonyl (C=O) groups excluding carboxylic acids is 1. The van der Waals surface area contributed by atoms with Crippen molar-refractivity contribution in [1.29, 1.82) is 0 Å². The van der Waals surface area contributed by atoms with Gasteiger partial charge in [-0.3, -0.25) is 4.79 Å². The minimum atomic E-state index is -0.0198. The van der Waals surface area contributed by atoms with Crippen LogP contribution < -0.4 is 10.2 Å². The summed E-state index contributed by atoms with van der Waals surface area (Å²) in [7, 11) is 0. The molecule has 3 nitrogen and oxygen atoms in total. The van der Waals surface area contributed by atoms with E-state index in [0.717, 1.165) is 26.1 Å². The van der Waals surface area contributed by atoms with E-state index in [9.17, 15) is 4.79 Å². The van der Waals surface area contributed by atoms with Gasteiger partial charge in [0, 0.05) is 25.3 Å². The average Bonchev–Trinajstić information content (AvgIpc) is 2.39. The Bertz CT molecular complexity index is 403. The number of anilines is 1. The van der Waals surface area contributed by atoms with Gasteiger partial charge in [0.05, 0.1) is 6.04 Å². The van der Waals surface area contributed by atoms with Gasteiger partial charge in [-0.1, -0.05) is 25.1 Å². The first-order chi connectivity index (χ1) is 8.22. The molecule has 1 atom stereocenters. The highest BCUT2D eigenvalue weighted by Gasteiger charge is 2.23. The number of rotatable bonds is 3. The van der Waals surface area contributed by atoms with Gasteiger partial charge in [0.15, 0.2) is 0 Å². The van der Waals surface area contributed by atoms with Crippen LogP contribution in [-0.4, -0.2) is 31.5 Å². The van der Waals surface area contributed by atoms with E-state index < -0.39 is 0 Å². The molecular formula is C14H20N2O. The van der Waals surface area contributed by atoms with Crippen LogP contribution in [-0.2, 0) is 11.2 Å². The first kappa shape index (κ1) is 12.1. The molecule has 0 amide bonds. The van der Waals surface area contributed by atoms with Crippen molar-refractivity contribution in [3.05, 3.63) is 29.8 Å². The van der Waals surface area contributed by atoms with Crippen LogP contribution in [0.3, 0.4) is 0 Å². The number of nitrogens with one attached hydrogen (secondary N) is 1. The summed E-state index contributed by atoms with van der Waals surface area (Å²) < 4.78 is 0. The summed E-state index contributed by atoms with van der Waals surface area (Å²) in [6.45, 7) is 6.46. The number of piperazine rings is 1. The van der Waals surface area contributed by atoms with E-state index in [1.165, 1.54) is 11.3 Å². The van der Waals surface area contributed by atoms with Crippen LogP contribution in [0.4, 0.5) is 5.69 Å². The molecule has 17 heavy (non-hydrogen) atoms. The Balaban J connectivity index is 2.18. The van der Waals surface area contributed by atoms with Crippen LogP contribution in [0, 0.1) is 0 Å². The zero-order valence-corrected chi connectivity index (χ0v) is 10.6. The number of ketones is 1. The normalized spacial score (nSPS) is 20.4. The molecule has 0 spiro atoms. The van der Waals surface area contributed by atoms with Crippen LogP contribution in [0.5, 0.6) is 0 Å². The van der Waals surface area contributed by atoms with Gasteiger partial charge in [-0.05, 0) is 25.0 Å². The Hall–Kier alpha value is -1.35. The van der Waals surface area contributed by atoms with Crippen molar-refractivity contribution >= 4 is 11.5 Å². The maximum Gasteiger partial charge on any atom is 0.148 e. The minimum absolute atomic E-state index is 0.0198. The van der Waals surface area contributed by atoms with E-state index in [0.29, 0.717) is 0 Å². The lowest BCUT2D eigenvalue weighted by Gasteiger charge is -2.35. The summed E-state index contributed by atoms with van der Waals surface area (Å²) in [6.07, 6.45) is 1.03. The molecule has 0 saturated carbocycles. The lowest BCUT2D eigenvalue weighted by molar-refractivity contribution is -0.118. The molecule has 1 N–H and O–H groups in total. The number of Topliss-reactive ketones (excluding diaryl/α,β-unsaturated/α-hetero) is 1. The smallest absolute Gasteiger partial charge is 0.148 e. The monoisotopic (exact) mass is 232 g/mol. The number of carbonyl (C=O) groups is 1. The lowest BCUT2D eigenvalue weighted by Crippen LogP contribution is -2.53. The van der Waals surface area contributed by atoms with Gasteiger partial charge in [0.2, 0.25) is 0 Å². The minimum Gasteiger partial charge on any atom is -0.368 e. The number of para-hydroxylation sites is 1.